The highest BCUT2D eigenvalue weighted by Crippen LogP contribution is 2.53. The van der Waals surface area contributed by atoms with Gasteiger partial charge < -0.3 is 9.80 Å². The molecule has 268 valence electrons. The lowest BCUT2D eigenvalue weighted by molar-refractivity contribution is 0.624. The van der Waals surface area contributed by atoms with Gasteiger partial charge in [-0.15, -0.1) is 0 Å². The summed E-state index contributed by atoms with van der Waals surface area (Å²) < 4.78 is 0. The molecule has 0 aromatic heterocycles. The van der Waals surface area contributed by atoms with E-state index in [1.54, 1.807) is 0 Å². The minimum Gasteiger partial charge on any atom is -0.310 e. The van der Waals surface area contributed by atoms with Crippen LogP contribution in [0.4, 0.5) is 34.1 Å². The van der Waals surface area contributed by atoms with Gasteiger partial charge in [-0.2, -0.15) is 0 Å². The fourth-order valence-corrected chi connectivity index (χ4v) is 8.72. The van der Waals surface area contributed by atoms with Crippen LogP contribution in [0.1, 0.15) is 56.9 Å². The van der Waals surface area contributed by atoms with Crippen LogP contribution in [-0.4, -0.2) is 0 Å². The van der Waals surface area contributed by atoms with Crippen LogP contribution in [0.15, 0.2) is 193 Å². The van der Waals surface area contributed by atoms with Gasteiger partial charge >= 0.3 is 0 Å². The van der Waals surface area contributed by atoms with Crippen molar-refractivity contribution in [3.63, 3.8) is 0 Å². The molecule has 0 spiro atoms. The Morgan fingerprint density at radius 2 is 0.909 bits per heavy atom. The van der Waals surface area contributed by atoms with E-state index in [2.05, 4.69) is 233 Å². The minimum atomic E-state index is -0.274. The second-order valence-corrected chi connectivity index (χ2v) is 15.9. The Morgan fingerprint density at radius 3 is 1.45 bits per heavy atom. The average molecular weight is 711 g/mol. The zero-order valence-electron chi connectivity index (χ0n) is 32.3. The normalized spacial score (nSPS) is 16.8. The number of fused-ring (bicyclic) bond motifs is 5. The molecule has 0 radical (unpaired) electrons. The number of nitrogens with zero attached hydrogens (tertiary/aromatic N) is 2. The van der Waals surface area contributed by atoms with E-state index in [0.29, 0.717) is 0 Å². The lowest BCUT2D eigenvalue weighted by Crippen LogP contribution is -2.22. The predicted octanol–water partition coefficient (Wildman–Crippen LogP) is 14.8. The zero-order valence-corrected chi connectivity index (χ0v) is 32.3. The SMILES string of the molecule is C/C1=C\C2=C(/C=C/c3c(cc(N(c4ccccc4)c4ccccc4)c4ccccc34)C1(C)C)C(C)(C)c1cc(N(c3ccccc3)c3ccccc3)ccc12. The van der Waals surface area contributed by atoms with Gasteiger partial charge in [-0.1, -0.05) is 155 Å². The van der Waals surface area contributed by atoms with E-state index < -0.39 is 0 Å². The lowest BCUT2D eigenvalue weighted by atomic mass is 9.74. The first kappa shape index (κ1) is 34.4. The molecule has 55 heavy (non-hydrogen) atoms. The van der Waals surface area contributed by atoms with Crippen molar-refractivity contribution in [1.29, 1.82) is 0 Å². The number of para-hydroxylation sites is 4. The molecule has 0 N–H and O–H groups in total. The summed E-state index contributed by atoms with van der Waals surface area (Å²) >= 11 is 0. The van der Waals surface area contributed by atoms with Crippen LogP contribution in [0.5, 0.6) is 0 Å². The molecular weight excluding hydrogens is 665 g/mol. The quantitative estimate of drug-likeness (QED) is 0.170. The third-order valence-corrected chi connectivity index (χ3v) is 12.0. The molecule has 0 bridgehead atoms. The predicted molar refractivity (Wildman–Crippen MR) is 236 cm³/mol. The standard InChI is InChI=1S/C53H46N2/c1-37-34-47-45-31-30-42(54(38-20-10-6-11-21-38)39-22-12-7-13-23-39)35-49(45)53(4,5)48(47)33-32-44-43-28-18-19-29-46(43)51(36-50(44)52(37,2)3)55(40-24-14-8-15-25-40)41-26-16-9-17-27-41/h6-36H,1-5H3/b33-32+,37-34+. The molecule has 0 unspecified atom stereocenters. The van der Waals surface area contributed by atoms with E-state index in [-0.39, 0.29) is 10.8 Å². The number of anilines is 6. The van der Waals surface area contributed by atoms with Crippen LogP contribution in [0.25, 0.3) is 22.4 Å². The van der Waals surface area contributed by atoms with E-state index in [4.69, 9.17) is 0 Å². The summed E-state index contributed by atoms with van der Waals surface area (Å²) in [6.07, 6.45) is 7.31. The Hall–Kier alpha value is -6.38. The molecule has 0 atom stereocenters. The third-order valence-electron chi connectivity index (χ3n) is 12.0. The molecule has 2 nitrogen and oxygen atoms in total. The molecule has 0 heterocycles. The largest absolute Gasteiger partial charge is 0.310 e. The number of allylic oxidation sites excluding steroid dienone is 5. The van der Waals surface area contributed by atoms with Crippen molar-refractivity contribution in [3.05, 3.63) is 215 Å². The number of benzene rings is 7. The Balaban J connectivity index is 1.22. The second-order valence-electron chi connectivity index (χ2n) is 15.9. The Bertz CT molecular complexity index is 2550. The Kier molecular flexibility index (Phi) is 8.43. The molecule has 2 heteroatoms. The monoisotopic (exact) mass is 710 g/mol. The van der Waals surface area contributed by atoms with E-state index in [9.17, 15) is 0 Å². The summed E-state index contributed by atoms with van der Waals surface area (Å²) in [5, 5.41) is 2.48. The van der Waals surface area contributed by atoms with Crippen LogP contribution in [0, 0.1) is 0 Å². The van der Waals surface area contributed by atoms with Crippen LogP contribution >= 0.6 is 0 Å². The zero-order chi connectivity index (χ0) is 37.7. The molecule has 0 fully saturated rings. The second kappa shape index (κ2) is 13.5. The fraction of sp³-hybridized carbons (Fsp3) is 0.132. The maximum absolute atomic E-state index is 2.48. The van der Waals surface area contributed by atoms with E-state index >= 15 is 0 Å². The van der Waals surface area contributed by atoms with Gasteiger partial charge in [-0.05, 0) is 112 Å². The summed E-state index contributed by atoms with van der Waals surface area (Å²) in [5.74, 6) is 0. The highest BCUT2D eigenvalue weighted by Gasteiger charge is 2.38. The van der Waals surface area contributed by atoms with Crippen LogP contribution in [-0.2, 0) is 10.8 Å². The van der Waals surface area contributed by atoms with Gasteiger partial charge in [0.2, 0.25) is 0 Å². The molecular formula is C53H46N2. The van der Waals surface area contributed by atoms with Gasteiger partial charge in [-0.25, -0.2) is 0 Å². The molecule has 7 aromatic carbocycles. The molecule has 0 amide bonds. The van der Waals surface area contributed by atoms with Crippen molar-refractivity contribution >= 4 is 56.5 Å². The van der Waals surface area contributed by atoms with E-state index in [1.807, 2.05) is 0 Å². The van der Waals surface area contributed by atoms with E-state index in [0.717, 1.165) is 28.4 Å². The van der Waals surface area contributed by atoms with Gasteiger partial charge in [0.05, 0.1) is 5.69 Å². The third kappa shape index (κ3) is 5.81. The maximum Gasteiger partial charge on any atom is 0.0543 e. The average Bonchev–Trinajstić information content (AvgIpc) is 3.44. The van der Waals surface area contributed by atoms with Crippen LogP contribution < -0.4 is 9.80 Å². The first-order chi connectivity index (χ1) is 26.7. The van der Waals surface area contributed by atoms with Crippen molar-refractivity contribution in [2.24, 2.45) is 0 Å². The minimum absolute atomic E-state index is 0.227. The molecule has 0 saturated carbocycles. The molecule has 9 rings (SSSR count). The van der Waals surface area contributed by atoms with Crippen molar-refractivity contribution < 1.29 is 0 Å². The van der Waals surface area contributed by atoms with Crippen molar-refractivity contribution in [1.82, 2.24) is 0 Å². The number of hydrogen-bond acceptors (Lipinski definition) is 2. The fourth-order valence-electron chi connectivity index (χ4n) is 8.72. The first-order valence-electron chi connectivity index (χ1n) is 19.4. The molecule has 0 saturated heterocycles. The molecule has 2 aliphatic rings. The summed E-state index contributed by atoms with van der Waals surface area (Å²) in [6.45, 7) is 11.9. The maximum atomic E-state index is 2.48. The van der Waals surface area contributed by atoms with Crippen LogP contribution in [0.2, 0.25) is 0 Å². The van der Waals surface area contributed by atoms with Crippen molar-refractivity contribution in [3.8, 4) is 0 Å². The summed E-state index contributed by atoms with van der Waals surface area (Å²) in [7, 11) is 0. The van der Waals surface area contributed by atoms with E-state index in [1.165, 1.54) is 55.4 Å². The number of hydrogen-bond donors (Lipinski definition) is 0. The molecule has 7 aromatic rings. The van der Waals surface area contributed by atoms with Gasteiger partial charge in [0, 0.05) is 44.7 Å². The van der Waals surface area contributed by atoms with Gasteiger partial charge in [0.1, 0.15) is 0 Å². The van der Waals surface area contributed by atoms with Crippen molar-refractivity contribution in [2.45, 2.75) is 45.4 Å². The highest BCUT2D eigenvalue weighted by atomic mass is 15.1. The van der Waals surface area contributed by atoms with Crippen LogP contribution in [0.3, 0.4) is 0 Å². The summed E-state index contributed by atoms with van der Waals surface area (Å²) in [6, 6.07) is 61.4. The highest BCUT2D eigenvalue weighted by molar-refractivity contribution is 6.05. The first-order valence-corrected chi connectivity index (χ1v) is 19.4. The number of rotatable bonds is 6. The Labute approximate surface area is 326 Å². The summed E-state index contributed by atoms with van der Waals surface area (Å²) in [4.78, 5) is 4.78. The van der Waals surface area contributed by atoms with Crippen molar-refractivity contribution in [2.75, 3.05) is 9.80 Å². The van der Waals surface area contributed by atoms with Gasteiger partial charge in [-0.3, -0.25) is 0 Å². The summed E-state index contributed by atoms with van der Waals surface area (Å²) in [5.41, 5.74) is 15.6. The smallest absolute Gasteiger partial charge is 0.0543 e. The Morgan fingerprint density at radius 1 is 0.418 bits per heavy atom. The topological polar surface area (TPSA) is 6.48 Å². The van der Waals surface area contributed by atoms with Gasteiger partial charge in [0.25, 0.3) is 0 Å². The molecule has 2 aliphatic carbocycles. The molecule has 0 aliphatic heterocycles. The van der Waals surface area contributed by atoms with Gasteiger partial charge in [0.15, 0.2) is 0 Å². The lowest BCUT2D eigenvalue weighted by Gasteiger charge is -2.33.